The van der Waals surface area contributed by atoms with Gasteiger partial charge in [0.2, 0.25) is 5.91 Å². The maximum Gasteiger partial charge on any atom is 0.417 e. The van der Waals surface area contributed by atoms with E-state index < -0.39 is 11.7 Å². The summed E-state index contributed by atoms with van der Waals surface area (Å²) in [6.07, 6.45) is -1.78. The number of alkyl halides is 3. The van der Waals surface area contributed by atoms with Crippen LogP contribution in [0.15, 0.2) is 42.9 Å². The first-order valence-electron chi connectivity index (χ1n) is 8.57. The normalized spacial score (nSPS) is 13.2. The first kappa shape index (κ1) is 18.6. The Hall–Kier alpha value is -3.74. The van der Waals surface area contributed by atoms with Crippen molar-refractivity contribution < 1.29 is 18.0 Å². The number of nitrogens with zero attached hydrogens (tertiary/aromatic N) is 6. The molecule has 146 valence electrons. The smallest absolute Gasteiger partial charge is 0.331 e. The lowest BCUT2D eigenvalue weighted by Gasteiger charge is -2.14. The van der Waals surface area contributed by atoms with Gasteiger partial charge in [0.25, 0.3) is 5.82 Å². The van der Waals surface area contributed by atoms with Crippen molar-refractivity contribution in [1.29, 1.82) is 5.26 Å². The summed E-state index contributed by atoms with van der Waals surface area (Å²) in [5.74, 6) is -0.285. The van der Waals surface area contributed by atoms with Gasteiger partial charge in [0.1, 0.15) is 18.9 Å². The zero-order chi connectivity index (χ0) is 20.6. The van der Waals surface area contributed by atoms with Gasteiger partial charge >= 0.3 is 6.18 Å². The fraction of sp³-hybridized carbons (Fsp3) is 0.211. The van der Waals surface area contributed by atoms with Gasteiger partial charge < -0.3 is 4.90 Å². The van der Waals surface area contributed by atoms with Crippen LogP contribution in [0.1, 0.15) is 22.6 Å². The van der Waals surface area contributed by atoms with Crippen LogP contribution >= 0.6 is 0 Å². The second-order valence-corrected chi connectivity index (χ2v) is 6.50. The molecule has 1 aromatic carbocycles. The monoisotopic (exact) mass is 398 g/mol. The zero-order valence-corrected chi connectivity index (χ0v) is 14.9. The number of amides is 1. The van der Waals surface area contributed by atoms with E-state index in [1.54, 1.807) is 18.2 Å². The van der Waals surface area contributed by atoms with E-state index in [0.717, 1.165) is 6.07 Å². The molecule has 0 fully saturated rings. The van der Waals surface area contributed by atoms with E-state index in [9.17, 15) is 18.0 Å². The van der Waals surface area contributed by atoms with Gasteiger partial charge in [-0.3, -0.25) is 9.78 Å². The third kappa shape index (κ3) is 3.67. The van der Waals surface area contributed by atoms with Gasteiger partial charge in [-0.2, -0.15) is 18.4 Å². The Labute approximate surface area is 163 Å². The largest absolute Gasteiger partial charge is 0.417 e. The Kier molecular flexibility index (Phi) is 4.50. The molecule has 0 atom stereocenters. The van der Waals surface area contributed by atoms with E-state index >= 15 is 0 Å². The number of rotatable bonds is 3. The molecule has 7 nitrogen and oxygen atoms in total. The van der Waals surface area contributed by atoms with Crippen LogP contribution in [0.5, 0.6) is 0 Å². The summed E-state index contributed by atoms with van der Waals surface area (Å²) in [6.45, 7) is 0.407. The maximum absolute atomic E-state index is 13.3. The van der Waals surface area contributed by atoms with Crippen LogP contribution in [-0.4, -0.2) is 30.6 Å². The van der Waals surface area contributed by atoms with Crippen molar-refractivity contribution in [2.75, 3.05) is 0 Å². The fourth-order valence-corrected chi connectivity index (χ4v) is 3.23. The van der Waals surface area contributed by atoms with Gasteiger partial charge in [0.05, 0.1) is 17.8 Å². The third-order valence-electron chi connectivity index (χ3n) is 4.59. The zero-order valence-electron chi connectivity index (χ0n) is 14.9. The van der Waals surface area contributed by atoms with Crippen molar-refractivity contribution in [3.8, 4) is 17.2 Å². The van der Waals surface area contributed by atoms with Crippen LogP contribution in [-0.2, 0) is 30.6 Å². The predicted octanol–water partition coefficient (Wildman–Crippen LogP) is 2.77. The summed E-state index contributed by atoms with van der Waals surface area (Å²) in [5.41, 5.74) is 1.01. The van der Waals surface area contributed by atoms with Crippen molar-refractivity contribution in [2.24, 2.45) is 0 Å². The third-order valence-corrected chi connectivity index (χ3v) is 4.59. The highest BCUT2D eigenvalue weighted by Crippen LogP contribution is 2.37. The SMILES string of the molecule is N#Cc1ncn(CC(=O)N2Cc3cc(-c4ccccc4C(F)(F)F)cnc3C2)n1. The van der Waals surface area contributed by atoms with Crippen LogP contribution < -0.4 is 0 Å². The number of hydrogen-bond donors (Lipinski definition) is 0. The summed E-state index contributed by atoms with van der Waals surface area (Å²) in [6, 6.07) is 8.75. The van der Waals surface area contributed by atoms with Crippen LogP contribution in [0.2, 0.25) is 0 Å². The number of pyridine rings is 1. The molecule has 0 bridgehead atoms. The van der Waals surface area contributed by atoms with E-state index in [4.69, 9.17) is 5.26 Å². The number of halogens is 3. The van der Waals surface area contributed by atoms with Crippen molar-refractivity contribution in [1.82, 2.24) is 24.6 Å². The highest BCUT2D eigenvalue weighted by atomic mass is 19.4. The van der Waals surface area contributed by atoms with Crippen LogP contribution in [0.3, 0.4) is 0 Å². The van der Waals surface area contributed by atoms with E-state index in [2.05, 4.69) is 15.1 Å². The van der Waals surface area contributed by atoms with Gasteiger partial charge in [-0.25, -0.2) is 9.67 Å². The van der Waals surface area contributed by atoms with E-state index in [-0.39, 0.29) is 36.9 Å². The molecule has 0 radical (unpaired) electrons. The topological polar surface area (TPSA) is 87.7 Å². The summed E-state index contributed by atoms with van der Waals surface area (Å²) in [5, 5.41) is 12.6. The highest BCUT2D eigenvalue weighted by molar-refractivity contribution is 5.77. The Morgan fingerprint density at radius 2 is 2.00 bits per heavy atom. The molecule has 1 aliphatic rings. The molecular formula is C19H13F3N6O. The van der Waals surface area contributed by atoms with Crippen LogP contribution in [0.4, 0.5) is 13.2 Å². The summed E-state index contributed by atoms with van der Waals surface area (Å²) >= 11 is 0. The van der Waals surface area contributed by atoms with Gasteiger partial charge in [0, 0.05) is 18.3 Å². The minimum atomic E-state index is -4.47. The predicted molar refractivity (Wildman–Crippen MR) is 93.7 cm³/mol. The molecule has 0 spiro atoms. The maximum atomic E-state index is 13.3. The first-order chi connectivity index (χ1) is 13.8. The summed E-state index contributed by atoms with van der Waals surface area (Å²) in [4.78, 5) is 22.1. The number of fused-ring (bicyclic) bond motifs is 1. The molecule has 0 saturated carbocycles. The van der Waals surface area contributed by atoms with Crippen molar-refractivity contribution >= 4 is 5.91 Å². The minimum Gasteiger partial charge on any atom is -0.331 e. The average Bonchev–Trinajstić information content (AvgIpc) is 3.33. The Morgan fingerprint density at radius 1 is 1.21 bits per heavy atom. The number of carbonyl (C=O) groups is 1. The fourth-order valence-electron chi connectivity index (χ4n) is 3.23. The lowest BCUT2D eigenvalue weighted by Crippen LogP contribution is -2.29. The van der Waals surface area contributed by atoms with E-state index in [1.165, 1.54) is 34.2 Å². The van der Waals surface area contributed by atoms with Gasteiger partial charge in [-0.05, 0) is 23.3 Å². The highest BCUT2D eigenvalue weighted by Gasteiger charge is 2.34. The molecule has 0 aliphatic carbocycles. The average molecular weight is 398 g/mol. The first-order valence-corrected chi connectivity index (χ1v) is 8.57. The molecule has 0 N–H and O–H groups in total. The molecule has 0 saturated heterocycles. The molecule has 3 heterocycles. The van der Waals surface area contributed by atoms with E-state index in [1.807, 2.05) is 0 Å². The molecule has 29 heavy (non-hydrogen) atoms. The van der Waals surface area contributed by atoms with Gasteiger partial charge in [0.15, 0.2) is 0 Å². The molecule has 2 aromatic heterocycles. The number of nitriles is 1. The second kappa shape index (κ2) is 7.01. The van der Waals surface area contributed by atoms with E-state index in [0.29, 0.717) is 16.8 Å². The molecule has 4 rings (SSSR count). The molecule has 3 aromatic rings. The summed E-state index contributed by atoms with van der Waals surface area (Å²) < 4.78 is 41.2. The molecule has 1 amide bonds. The van der Waals surface area contributed by atoms with Crippen LogP contribution in [0, 0.1) is 11.3 Å². The number of benzene rings is 1. The lowest BCUT2D eigenvalue weighted by atomic mass is 9.99. The van der Waals surface area contributed by atoms with Crippen molar-refractivity contribution in [2.45, 2.75) is 25.8 Å². The molecule has 1 aliphatic heterocycles. The minimum absolute atomic E-state index is 0.0304. The Morgan fingerprint density at radius 3 is 2.72 bits per heavy atom. The van der Waals surface area contributed by atoms with Crippen molar-refractivity contribution in [3.63, 3.8) is 0 Å². The number of aromatic nitrogens is 4. The van der Waals surface area contributed by atoms with Gasteiger partial charge in [-0.1, -0.05) is 18.2 Å². The lowest BCUT2D eigenvalue weighted by molar-refractivity contribution is -0.137. The Bertz CT molecular complexity index is 1130. The second-order valence-electron chi connectivity index (χ2n) is 6.50. The summed E-state index contributed by atoms with van der Waals surface area (Å²) in [7, 11) is 0. The van der Waals surface area contributed by atoms with Crippen LogP contribution in [0.25, 0.3) is 11.1 Å². The number of hydrogen-bond acceptors (Lipinski definition) is 5. The molecule has 10 heteroatoms. The van der Waals surface area contributed by atoms with Gasteiger partial charge in [-0.15, -0.1) is 5.10 Å². The van der Waals surface area contributed by atoms with Crippen molar-refractivity contribution in [3.05, 3.63) is 65.5 Å². The molecular weight excluding hydrogens is 385 g/mol. The number of carbonyl (C=O) groups excluding carboxylic acids is 1. The molecule has 0 unspecified atom stereocenters. The Balaban J connectivity index is 1.55. The standard InChI is InChI=1S/C19H13F3N6O/c20-19(21,22)15-4-2-1-3-14(15)12-5-13-8-27(9-16(13)24-7-12)18(29)10-28-11-25-17(6-23)26-28/h1-5,7,11H,8-10H2. The quantitative estimate of drug-likeness (QED) is 0.677.